The smallest absolute Gasteiger partial charge is 0.0359 e. The summed E-state index contributed by atoms with van der Waals surface area (Å²) in [6.07, 6.45) is 6.58. The Kier molecular flexibility index (Phi) is 3.83. The number of rotatable bonds is 2. The number of nitrogens with two attached hydrogens (primary N) is 1. The van der Waals surface area contributed by atoms with Gasteiger partial charge in [0.1, 0.15) is 0 Å². The molecule has 2 heteroatoms. The van der Waals surface area contributed by atoms with Gasteiger partial charge in [0.25, 0.3) is 0 Å². The van der Waals surface area contributed by atoms with Gasteiger partial charge in [-0.05, 0) is 32.4 Å². The predicted octanol–water partition coefficient (Wildman–Crippen LogP) is 2.62. The molecular weight excluding hydrogens is 184 g/mol. The van der Waals surface area contributed by atoms with Gasteiger partial charge in [0, 0.05) is 11.6 Å². The van der Waals surface area contributed by atoms with E-state index in [9.17, 15) is 0 Å². The minimum absolute atomic E-state index is 0.196. The molecule has 0 aliphatic heterocycles. The van der Waals surface area contributed by atoms with Crippen molar-refractivity contribution in [3.8, 4) is 0 Å². The molecule has 0 amide bonds. The first kappa shape index (κ1) is 13.0. The molecule has 0 saturated heterocycles. The third-order valence-electron chi connectivity index (χ3n) is 4.12. The molecule has 1 saturated carbocycles. The van der Waals surface area contributed by atoms with E-state index in [1.165, 1.54) is 32.1 Å². The van der Waals surface area contributed by atoms with Gasteiger partial charge in [0.15, 0.2) is 0 Å². The van der Waals surface area contributed by atoms with E-state index in [2.05, 4.69) is 39.8 Å². The van der Waals surface area contributed by atoms with Crippen LogP contribution in [0.5, 0.6) is 0 Å². The first-order chi connectivity index (χ1) is 6.81. The number of hydrogen-bond acceptors (Lipinski definition) is 2. The quantitative estimate of drug-likeness (QED) is 0.762. The third kappa shape index (κ3) is 2.54. The zero-order chi connectivity index (χ0) is 11.7. The number of nitrogens with zero attached hydrogens (tertiary/aromatic N) is 1. The highest BCUT2D eigenvalue weighted by Gasteiger charge is 2.44. The van der Waals surface area contributed by atoms with E-state index in [-0.39, 0.29) is 17.0 Å². The van der Waals surface area contributed by atoms with Crippen LogP contribution in [0, 0.1) is 5.41 Å². The van der Waals surface area contributed by atoms with Gasteiger partial charge in [-0.15, -0.1) is 0 Å². The van der Waals surface area contributed by atoms with E-state index in [0.717, 1.165) is 0 Å². The van der Waals surface area contributed by atoms with Crippen molar-refractivity contribution in [2.45, 2.75) is 64.5 Å². The standard InChI is InChI=1S/C13H28N2/c1-12(2,3)11(14)13(15(4)5)9-7-6-8-10-13/h11H,6-10,14H2,1-5H3. The van der Waals surface area contributed by atoms with Crippen LogP contribution in [0.15, 0.2) is 0 Å². The molecule has 1 unspecified atom stereocenters. The fourth-order valence-electron chi connectivity index (χ4n) is 3.01. The Labute approximate surface area is 95.2 Å². The normalized spacial score (nSPS) is 24.2. The maximum Gasteiger partial charge on any atom is 0.0359 e. The van der Waals surface area contributed by atoms with Crippen LogP contribution in [0.3, 0.4) is 0 Å². The zero-order valence-electron chi connectivity index (χ0n) is 11.1. The molecule has 1 rings (SSSR count). The summed E-state index contributed by atoms with van der Waals surface area (Å²) < 4.78 is 0. The Morgan fingerprint density at radius 1 is 1.07 bits per heavy atom. The molecule has 0 radical (unpaired) electrons. The first-order valence-corrected chi connectivity index (χ1v) is 6.24. The Bertz CT molecular complexity index is 197. The van der Waals surface area contributed by atoms with Gasteiger partial charge in [-0.3, -0.25) is 0 Å². The molecule has 90 valence electrons. The van der Waals surface area contributed by atoms with Crippen molar-refractivity contribution in [1.29, 1.82) is 0 Å². The Hall–Kier alpha value is -0.0800. The Morgan fingerprint density at radius 2 is 1.53 bits per heavy atom. The van der Waals surface area contributed by atoms with Crippen LogP contribution < -0.4 is 5.73 Å². The lowest BCUT2D eigenvalue weighted by Gasteiger charge is -2.51. The van der Waals surface area contributed by atoms with Crippen LogP contribution >= 0.6 is 0 Å². The van der Waals surface area contributed by atoms with Gasteiger partial charge in [0.2, 0.25) is 0 Å². The highest BCUT2D eigenvalue weighted by Crippen LogP contribution is 2.40. The average molecular weight is 212 g/mol. The van der Waals surface area contributed by atoms with Gasteiger partial charge in [-0.25, -0.2) is 0 Å². The van der Waals surface area contributed by atoms with Gasteiger partial charge in [-0.1, -0.05) is 40.0 Å². The topological polar surface area (TPSA) is 29.3 Å². The van der Waals surface area contributed by atoms with Crippen molar-refractivity contribution in [3.63, 3.8) is 0 Å². The van der Waals surface area contributed by atoms with Crippen LogP contribution in [-0.4, -0.2) is 30.6 Å². The van der Waals surface area contributed by atoms with Crippen LogP contribution in [0.25, 0.3) is 0 Å². The van der Waals surface area contributed by atoms with E-state index in [4.69, 9.17) is 5.73 Å². The highest BCUT2D eigenvalue weighted by molar-refractivity contribution is 5.03. The molecule has 2 N–H and O–H groups in total. The summed E-state index contributed by atoms with van der Waals surface area (Å²) in [4.78, 5) is 2.38. The lowest BCUT2D eigenvalue weighted by molar-refractivity contribution is 0.0300. The molecule has 1 atom stereocenters. The number of likely N-dealkylation sites (N-methyl/N-ethyl adjacent to an activating group) is 1. The zero-order valence-corrected chi connectivity index (χ0v) is 11.1. The lowest BCUT2D eigenvalue weighted by atomic mass is 9.67. The molecule has 1 aliphatic rings. The summed E-state index contributed by atoms with van der Waals surface area (Å²) in [6, 6.07) is 0.264. The molecule has 0 aromatic rings. The maximum absolute atomic E-state index is 6.52. The van der Waals surface area contributed by atoms with E-state index < -0.39 is 0 Å². The van der Waals surface area contributed by atoms with Crippen LogP contribution in [0.4, 0.5) is 0 Å². The average Bonchev–Trinajstić information content (AvgIpc) is 2.16. The van der Waals surface area contributed by atoms with Crippen LogP contribution in [-0.2, 0) is 0 Å². The lowest BCUT2D eigenvalue weighted by Crippen LogP contribution is -2.62. The fourth-order valence-corrected chi connectivity index (χ4v) is 3.01. The molecule has 0 aromatic carbocycles. The van der Waals surface area contributed by atoms with Crippen molar-refractivity contribution >= 4 is 0 Å². The highest BCUT2D eigenvalue weighted by atomic mass is 15.2. The van der Waals surface area contributed by atoms with Crippen molar-refractivity contribution in [3.05, 3.63) is 0 Å². The SMILES string of the molecule is CN(C)C1(C(N)C(C)(C)C)CCCCC1. The summed E-state index contributed by atoms with van der Waals surface area (Å²) in [5.74, 6) is 0. The van der Waals surface area contributed by atoms with E-state index in [0.29, 0.717) is 0 Å². The molecule has 15 heavy (non-hydrogen) atoms. The van der Waals surface area contributed by atoms with Crippen molar-refractivity contribution in [2.24, 2.45) is 11.1 Å². The molecule has 1 fully saturated rings. The number of hydrogen-bond donors (Lipinski definition) is 1. The second kappa shape index (κ2) is 4.42. The Morgan fingerprint density at radius 3 is 1.87 bits per heavy atom. The second-order valence-electron chi connectivity index (χ2n) is 6.40. The van der Waals surface area contributed by atoms with Gasteiger partial charge < -0.3 is 10.6 Å². The molecule has 0 aromatic heterocycles. The predicted molar refractivity (Wildman–Crippen MR) is 66.9 cm³/mol. The van der Waals surface area contributed by atoms with Gasteiger partial charge >= 0.3 is 0 Å². The molecule has 0 bridgehead atoms. The van der Waals surface area contributed by atoms with Crippen LogP contribution in [0.1, 0.15) is 52.9 Å². The van der Waals surface area contributed by atoms with E-state index in [1.54, 1.807) is 0 Å². The fraction of sp³-hybridized carbons (Fsp3) is 1.00. The van der Waals surface area contributed by atoms with E-state index >= 15 is 0 Å². The minimum Gasteiger partial charge on any atom is -0.326 e. The summed E-state index contributed by atoms with van der Waals surface area (Å²) >= 11 is 0. The summed E-state index contributed by atoms with van der Waals surface area (Å²) in [5.41, 5.74) is 6.95. The summed E-state index contributed by atoms with van der Waals surface area (Å²) in [6.45, 7) is 6.78. The second-order valence-corrected chi connectivity index (χ2v) is 6.40. The summed E-state index contributed by atoms with van der Waals surface area (Å²) in [7, 11) is 4.38. The third-order valence-corrected chi connectivity index (χ3v) is 4.12. The monoisotopic (exact) mass is 212 g/mol. The van der Waals surface area contributed by atoms with Crippen LogP contribution in [0.2, 0.25) is 0 Å². The minimum atomic E-state index is 0.196. The first-order valence-electron chi connectivity index (χ1n) is 6.24. The van der Waals surface area contributed by atoms with Crippen molar-refractivity contribution in [2.75, 3.05) is 14.1 Å². The summed E-state index contributed by atoms with van der Waals surface area (Å²) in [5, 5.41) is 0. The van der Waals surface area contributed by atoms with Crippen molar-refractivity contribution in [1.82, 2.24) is 4.90 Å². The van der Waals surface area contributed by atoms with E-state index in [1.807, 2.05) is 0 Å². The molecule has 0 heterocycles. The van der Waals surface area contributed by atoms with Gasteiger partial charge in [-0.2, -0.15) is 0 Å². The largest absolute Gasteiger partial charge is 0.326 e. The molecule has 1 aliphatic carbocycles. The molecular formula is C13H28N2. The molecule has 2 nitrogen and oxygen atoms in total. The van der Waals surface area contributed by atoms with Gasteiger partial charge in [0.05, 0.1) is 0 Å². The Balaban J connectivity index is 2.90. The molecule has 0 spiro atoms. The van der Waals surface area contributed by atoms with Crippen molar-refractivity contribution < 1.29 is 0 Å². The maximum atomic E-state index is 6.52.